The molecule has 1 saturated heterocycles. The van der Waals surface area contributed by atoms with E-state index < -0.39 is 11.7 Å². The Morgan fingerprint density at radius 1 is 1.40 bits per heavy atom. The summed E-state index contributed by atoms with van der Waals surface area (Å²) in [5.74, 6) is 0.0960. The van der Waals surface area contributed by atoms with Gasteiger partial charge in [0.1, 0.15) is 0 Å². The zero-order chi connectivity index (χ0) is 10.9. The number of amides is 1. The van der Waals surface area contributed by atoms with Gasteiger partial charge in [-0.3, -0.25) is 5.32 Å². The van der Waals surface area contributed by atoms with E-state index in [4.69, 9.17) is 9.94 Å². The van der Waals surface area contributed by atoms with E-state index in [-0.39, 0.29) is 5.84 Å². The Balaban J connectivity index is 2.47. The maximum atomic E-state index is 11.1. The van der Waals surface area contributed by atoms with Crippen molar-refractivity contribution < 1.29 is 14.7 Å². The number of cyclic esters (lactones) is 1. The Morgan fingerprint density at radius 2 is 2.07 bits per heavy atom. The number of alkyl carbamates (subject to hydrolysis) is 1. The van der Waals surface area contributed by atoms with Crippen LogP contribution in [0.2, 0.25) is 0 Å². The molecule has 5 nitrogen and oxygen atoms in total. The smallest absolute Gasteiger partial charge is 0.414 e. The molecule has 0 bridgehead atoms. The van der Waals surface area contributed by atoms with Crippen molar-refractivity contribution in [3.8, 4) is 0 Å². The number of hydrogen-bond acceptors (Lipinski definition) is 4. The number of nitrogens with zero attached hydrogens (tertiary/aromatic N) is 1. The molecule has 1 amide bonds. The maximum absolute atomic E-state index is 11.1. The minimum Gasteiger partial charge on any atom is -0.430 e. The van der Waals surface area contributed by atoms with Gasteiger partial charge < -0.3 is 9.94 Å². The van der Waals surface area contributed by atoms with Gasteiger partial charge in [-0.15, -0.1) is 0 Å². The van der Waals surface area contributed by atoms with Crippen molar-refractivity contribution in [2.75, 3.05) is 0 Å². The molecule has 1 unspecified atom stereocenters. The zero-order valence-corrected chi connectivity index (χ0v) is 8.10. The maximum Gasteiger partial charge on any atom is 0.414 e. The van der Waals surface area contributed by atoms with E-state index >= 15 is 0 Å². The van der Waals surface area contributed by atoms with Crippen molar-refractivity contribution in [3.05, 3.63) is 35.9 Å². The van der Waals surface area contributed by atoms with E-state index in [9.17, 15) is 4.79 Å². The van der Waals surface area contributed by atoms with Crippen LogP contribution >= 0.6 is 0 Å². The molecule has 1 atom stereocenters. The molecule has 0 aromatic heterocycles. The molecule has 1 heterocycles. The number of nitrogens with one attached hydrogen (secondary N) is 1. The Morgan fingerprint density at radius 3 is 2.67 bits per heavy atom. The van der Waals surface area contributed by atoms with Crippen molar-refractivity contribution >= 4 is 11.9 Å². The largest absolute Gasteiger partial charge is 0.430 e. The zero-order valence-electron chi connectivity index (χ0n) is 8.10. The van der Waals surface area contributed by atoms with Crippen LogP contribution < -0.4 is 5.32 Å². The minimum atomic E-state index is -1.03. The van der Waals surface area contributed by atoms with Gasteiger partial charge in [-0.1, -0.05) is 35.5 Å². The van der Waals surface area contributed by atoms with E-state index in [0.29, 0.717) is 0 Å². The Kier molecular flexibility index (Phi) is 2.07. The second kappa shape index (κ2) is 3.27. The summed E-state index contributed by atoms with van der Waals surface area (Å²) in [6, 6.07) is 9.09. The minimum absolute atomic E-state index is 0.0960. The van der Waals surface area contributed by atoms with Crippen LogP contribution in [0.1, 0.15) is 12.5 Å². The van der Waals surface area contributed by atoms with E-state index in [1.165, 1.54) is 0 Å². The van der Waals surface area contributed by atoms with Gasteiger partial charge in [0.05, 0.1) is 0 Å². The number of ether oxygens (including phenoxy) is 1. The highest BCUT2D eigenvalue weighted by Crippen LogP contribution is 2.29. The summed E-state index contributed by atoms with van der Waals surface area (Å²) in [5.41, 5.74) is -0.288. The Bertz CT molecular complexity index is 416. The summed E-state index contributed by atoms with van der Waals surface area (Å²) in [5, 5.41) is 14.1. The number of carbonyl (C=O) groups is 1. The molecule has 2 rings (SSSR count). The fourth-order valence-electron chi connectivity index (χ4n) is 1.55. The van der Waals surface area contributed by atoms with Crippen LogP contribution in [0.5, 0.6) is 0 Å². The summed E-state index contributed by atoms with van der Waals surface area (Å²) < 4.78 is 5.10. The van der Waals surface area contributed by atoms with Gasteiger partial charge in [0.15, 0.2) is 11.4 Å². The van der Waals surface area contributed by atoms with E-state index in [1.807, 2.05) is 18.2 Å². The van der Waals surface area contributed by atoms with Crippen molar-refractivity contribution in [1.82, 2.24) is 5.32 Å². The standard InChI is InChI=1S/C10H10N2O3/c1-10(7-5-3-2-4-6-7)8(12-14)11-9(13)15-10/h2-6,14H,1H3,(H,11,12,13). The quantitative estimate of drug-likeness (QED) is 0.539. The fourth-order valence-corrected chi connectivity index (χ4v) is 1.55. The van der Waals surface area contributed by atoms with Crippen molar-refractivity contribution in [2.45, 2.75) is 12.5 Å². The number of benzene rings is 1. The fraction of sp³-hybridized carbons (Fsp3) is 0.200. The van der Waals surface area contributed by atoms with Crippen LogP contribution in [0.3, 0.4) is 0 Å². The van der Waals surface area contributed by atoms with Gasteiger partial charge in [0.25, 0.3) is 0 Å². The number of hydrogen-bond donors (Lipinski definition) is 2. The predicted molar refractivity (Wildman–Crippen MR) is 52.6 cm³/mol. The molecule has 0 saturated carbocycles. The summed E-state index contributed by atoms with van der Waals surface area (Å²) in [6.45, 7) is 1.66. The lowest BCUT2D eigenvalue weighted by molar-refractivity contribution is 0.0946. The number of amidine groups is 1. The monoisotopic (exact) mass is 206 g/mol. The molecule has 78 valence electrons. The summed E-state index contributed by atoms with van der Waals surface area (Å²) in [7, 11) is 0. The van der Waals surface area contributed by atoms with E-state index in [2.05, 4.69) is 10.5 Å². The summed E-state index contributed by atoms with van der Waals surface area (Å²) in [4.78, 5) is 11.1. The van der Waals surface area contributed by atoms with Crippen LogP contribution in [0.15, 0.2) is 35.5 Å². The van der Waals surface area contributed by atoms with Crippen LogP contribution in [-0.4, -0.2) is 17.1 Å². The Hall–Kier alpha value is -2.04. The first kappa shape index (κ1) is 9.51. The highest BCUT2D eigenvalue weighted by atomic mass is 16.6. The molecular formula is C10H10N2O3. The third-order valence-corrected chi connectivity index (χ3v) is 2.39. The molecule has 5 heteroatoms. The molecule has 1 aliphatic rings. The lowest BCUT2D eigenvalue weighted by Crippen LogP contribution is -2.33. The second-order valence-corrected chi connectivity index (χ2v) is 3.36. The van der Waals surface area contributed by atoms with Crippen molar-refractivity contribution in [3.63, 3.8) is 0 Å². The van der Waals surface area contributed by atoms with Crippen LogP contribution in [0, 0.1) is 0 Å². The highest BCUT2D eigenvalue weighted by molar-refractivity contribution is 6.06. The molecule has 0 radical (unpaired) electrons. The molecule has 1 aliphatic heterocycles. The molecule has 2 N–H and O–H groups in total. The molecule has 1 fully saturated rings. The van der Waals surface area contributed by atoms with Crippen molar-refractivity contribution in [1.29, 1.82) is 0 Å². The third-order valence-electron chi connectivity index (χ3n) is 2.39. The molecular weight excluding hydrogens is 196 g/mol. The SMILES string of the molecule is CC1(c2ccccc2)OC(=O)N/C1=N\O. The first-order valence-electron chi connectivity index (χ1n) is 4.45. The number of oxime groups is 1. The van der Waals surface area contributed by atoms with Gasteiger partial charge in [-0.05, 0) is 6.92 Å². The third kappa shape index (κ3) is 1.41. The van der Waals surface area contributed by atoms with E-state index in [0.717, 1.165) is 5.56 Å². The topological polar surface area (TPSA) is 70.9 Å². The van der Waals surface area contributed by atoms with Gasteiger partial charge >= 0.3 is 6.09 Å². The predicted octanol–water partition coefficient (Wildman–Crippen LogP) is 1.43. The highest BCUT2D eigenvalue weighted by Gasteiger charge is 2.44. The van der Waals surface area contributed by atoms with Gasteiger partial charge in [0.2, 0.25) is 0 Å². The van der Waals surface area contributed by atoms with E-state index in [1.54, 1.807) is 19.1 Å². The average Bonchev–Trinajstić information content (AvgIpc) is 2.56. The van der Waals surface area contributed by atoms with Gasteiger partial charge in [-0.25, -0.2) is 4.79 Å². The van der Waals surface area contributed by atoms with Crippen molar-refractivity contribution in [2.24, 2.45) is 5.16 Å². The lowest BCUT2D eigenvalue weighted by atomic mass is 9.95. The van der Waals surface area contributed by atoms with Gasteiger partial charge in [0, 0.05) is 5.56 Å². The summed E-state index contributed by atoms with van der Waals surface area (Å²) in [6.07, 6.45) is -0.617. The average molecular weight is 206 g/mol. The summed E-state index contributed by atoms with van der Waals surface area (Å²) >= 11 is 0. The number of carbonyl (C=O) groups excluding carboxylic acids is 1. The molecule has 15 heavy (non-hydrogen) atoms. The van der Waals surface area contributed by atoms with Gasteiger partial charge in [-0.2, -0.15) is 0 Å². The first-order chi connectivity index (χ1) is 7.16. The molecule has 1 aromatic rings. The molecule has 1 aromatic carbocycles. The normalized spacial score (nSPS) is 27.5. The number of rotatable bonds is 1. The Labute approximate surface area is 86.4 Å². The lowest BCUT2D eigenvalue weighted by Gasteiger charge is -2.20. The first-order valence-corrected chi connectivity index (χ1v) is 4.45. The molecule has 0 spiro atoms. The van der Waals surface area contributed by atoms with Crippen LogP contribution in [-0.2, 0) is 10.3 Å². The van der Waals surface area contributed by atoms with Crippen LogP contribution in [0.25, 0.3) is 0 Å². The van der Waals surface area contributed by atoms with Crippen LogP contribution in [0.4, 0.5) is 4.79 Å². The molecule has 0 aliphatic carbocycles. The second-order valence-electron chi connectivity index (χ2n) is 3.36.